The minimum absolute atomic E-state index is 0.0356. The molecule has 0 rings (SSSR count). The molecular formula is C11H22N2O2. The molecule has 4 heteroatoms. The van der Waals surface area contributed by atoms with Crippen LogP contribution >= 0.6 is 0 Å². The van der Waals surface area contributed by atoms with Gasteiger partial charge < -0.3 is 4.90 Å². The van der Waals surface area contributed by atoms with Gasteiger partial charge in [-0.1, -0.05) is 20.8 Å². The fourth-order valence-electron chi connectivity index (χ4n) is 1.02. The molecule has 0 saturated carbocycles. The maximum absolute atomic E-state index is 11.5. The highest BCUT2D eigenvalue weighted by molar-refractivity contribution is 5.83. The molecule has 4 nitrogen and oxygen atoms in total. The van der Waals surface area contributed by atoms with E-state index in [2.05, 4.69) is 0 Å². The molecular weight excluding hydrogens is 192 g/mol. The van der Waals surface area contributed by atoms with E-state index in [9.17, 15) is 9.59 Å². The van der Waals surface area contributed by atoms with Gasteiger partial charge in [-0.3, -0.25) is 14.5 Å². The number of hydrogen-bond donors (Lipinski definition) is 0. The van der Waals surface area contributed by atoms with Gasteiger partial charge in [0, 0.05) is 20.0 Å². The van der Waals surface area contributed by atoms with Crippen LogP contribution in [0.25, 0.3) is 0 Å². The van der Waals surface area contributed by atoms with E-state index in [4.69, 9.17) is 0 Å². The summed E-state index contributed by atoms with van der Waals surface area (Å²) in [5, 5.41) is 0. The smallest absolute Gasteiger partial charge is 0.236 e. The van der Waals surface area contributed by atoms with E-state index >= 15 is 0 Å². The predicted octanol–water partition coefficient (Wildman–Crippen LogP) is 0.622. The number of ketones is 1. The number of carbonyl (C=O) groups is 2. The van der Waals surface area contributed by atoms with Crippen molar-refractivity contribution in [3.8, 4) is 0 Å². The lowest BCUT2D eigenvalue weighted by Crippen LogP contribution is -2.40. The van der Waals surface area contributed by atoms with Gasteiger partial charge >= 0.3 is 0 Å². The summed E-state index contributed by atoms with van der Waals surface area (Å²) in [7, 11) is 3.45. The van der Waals surface area contributed by atoms with Gasteiger partial charge in [0.2, 0.25) is 5.91 Å². The zero-order valence-electron chi connectivity index (χ0n) is 10.4. The van der Waals surface area contributed by atoms with Gasteiger partial charge in [0.1, 0.15) is 5.78 Å². The number of carbonyl (C=O) groups excluding carboxylic acids is 2. The molecule has 15 heavy (non-hydrogen) atoms. The quantitative estimate of drug-likeness (QED) is 0.651. The van der Waals surface area contributed by atoms with E-state index in [0.717, 1.165) is 6.54 Å². The van der Waals surface area contributed by atoms with E-state index < -0.39 is 0 Å². The van der Waals surface area contributed by atoms with Crippen molar-refractivity contribution in [3.05, 3.63) is 0 Å². The molecule has 0 saturated heterocycles. The summed E-state index contributed by atoms with van der Waals surface area (Å²) < 4.78 is 0. The molecule has 0 aromatic carbocycles. The zero-order chi connectivity index (χ0) is 12.0. The van der Waals surface area contributed by atoms with Gasteiger partial charge in [0.15, 0.2) is 0 Å². The molecule has 0 N–H and O–H groups in total. The van der Waals surface area contributed by atoms with Gasteiger partial charge in [0.25, 0.3) is 0 Å². The third-order valence-electron chi connectivity index (χ3n) is 2.33. The molecule has 0 heterocycles. The first kappa shape index (κ1) is 14.1. The van der Waals surface area contributed by atoms with E-state index in [1.165, 1.54) is 0 Å². The number of amides is 1. The van der Waals surface area contributed by atoms with Crippen LogP contribution in [0.1, 0.15) is 20.8 Å². The van der Waals surface area contributed by atoms with Crippen molar-refractivity contribution in [2.75, 3.05) is 33.7 Å². The number of nitrogens with zero attached hydrogens (tertiary/aromatic N) is 2. The topological polar surface area (TPSA) is 40.6 Å². The zero-order valence-corrected chi connectivity index (χ0v) is 10.4. The Bertz CT molecular complexity index is 203. The van der Waals surface area contributed by atoms with Gasteiger partial charge in [-0.25, -0.2) is 0 Å². The molecule has 0 aliphatic carbocycles. The fourth-order valence-corrected chi connectivity index (χ4v) is 1.02. The van der Waals surface area contributed by atoms with Gasteiger partial charge in [-0.2, -0.15) is 0 Å². The number of hydrogen-bond acceptors (Lipinski definition) is 3. The highest BCUT2D eigenvalue weighted by atomic mass is 16.2. The van der Waals surface area contributed by atoms with Crippen molar-refractivity contribution in [2.45, 2.75) is 20.8 Å². The first-order valence-electron chi connectivity index (χ1n) is 5.33. The van der Waals surface area contributed by atoms with Crippen molar-refractivity contribution in [1.82, 2.24) is 9.80 Å². The van der Waals surface area contributed by atoms with Crippen LogP contribution in [-0.4, -0.2) is 55.2 Å². The first-order chi connectivity index (χ1) is 6.88. The molecule has 0 fully saturated rings. The Morgan fingerprint density at radius 3 is 2.00 bits per heavy atom. The van der Waals surface area contributed by atoms with Crippen molar-refractivity contribution in [1.29, 1.82) is 0 Å². The van der Waals surface area contributed by atoms with Crippen LogP contribution in [0.3, 0.4) is 0 Å². The van der Waals surface area contributed by atoms with E-state index in [1.807, 2.05) is 25.7 Å². The van der Waals surface area contributed by atoms with Crippen molar-refractivity contribution in [3.63, 3.8) is 0 Å². The molecule has 0 aliphatic rings. The minimum atomic E-state index is 0.0356. The average molecular weight is 214 g/mol. The average Bonchev–Trinajstić information content (AvgIpc) is 2.15. The summed E-state index contributed by atoms with van der Waals surface area (Å²) in [4.78, 5) is 26.3. The van der Waals surface area contributed by atoms with Crippen LogP contribution in [0.5, 0.6) is 0 Å². The third kappa shape index (κ3) is 5.52. The van der Waals surface area contributed by atoms with Gasteiger partial charge in [-0.05, 0) is 6.54 Å². The van der Waals surface area contributed by atoms with Crippen LogP contribution in [-0.2, 0) is 9.59 Å². The number of rotatable bonds is 6. The molecule has 0 radical (unpaired) electrons. The second kappa shape index (κ2) is 6.56. The second-order valence-corrected chi connectivity index (χ2v) is 4.21. The van der Waals surface area contributed by atoms with Crippen LogP contribution in [0, 0.1) is 5.92 Å². The lowest BCUT2D eigenvalue weighted by atomic mass is 10.1. The Balaban J connectivity index is 4.15. The van der Waals surface area contributed by atoms with Gasteiger partial charge in [0.05, 0.1) is 13.1 Å². The van der Waals surface area contributed by atoms with Gasteiger partial charge in [-0.15, -0.1) is 0 Å². The molecule has 0 spiro atoms. The maximum Gasteiger partial charge on any atom is 0.236 e. The van der Waals surface area contributed by atoms with Crippen LogP contribution in [0.2, 0.25) is 0 Å². The molecule has 0 bridgehead atoms. The summed E-state index contributed by atoms with van der Waals surface area (Å²) in [6, 6.07) is 0. The van der Waals surface area contributed by atoms with Crippen molar-refractivity contribution >= 4 is 11.7 Å². The lowest BCUT2D eigenvalue weighted by Gasteiger charge is -2.21. The largest absolute Gasteiger partial charge is 0.348 e. The standard InChI is InChI=1S/C11H22N2O2/c1-6-13(7-10(14)9(2)3)8-11(15)12(4)5/h9H,6-8H2,1-5H3. The Kier molecular flexibility index (Phi) is 6.17. The molecule has 1 amide bonds. The normalized spacial score (nSPS) is 10.9. The van der Waals surface area contributed by atoms with Crippen molar-refractivity contribution < 1.29 is 9.59 Å². The van der Waals surface area contributed by atoms with Crippen molar-refractivity contribution in [2.24, 2.45) is 5.92 Å². The molecule has 0 unspecified atom stereocenters. The SMILES string of the molecule is CCN(CC(=O)C(C)C)CC(=O)N(C)C. The fraction of sp³-hybridized carbons (Fsp3) is 0.818. The first-order valence-corrected chi connectivity index (χ1v) is 5.33. The summed E-state index contributed by atoms with van der Waals surface area (Å²) in [6.07, 6.45) is 0. The van der Waals surface area contributed by atoms with Crippen LogP contribution in [0.4, 0.5) is 0 Å². The summed E-state index contributed by atoms with van der Waals surface area (Å²) >= 11 is 0. The highest BCUT2D eigenvalue weighted by Crippen LogP contribution is 1.98. The van der Waals surface area contributed by atoms with E-state index in [0.29, 0.717) is 13.1 Å². The summed E-state index contributed by atoms with van der Waals surface area (Å²) in [5.41, 5.74) is 0. The molecule has 0 aliphatic heterocycles. The Hall–Kier alpha value is -0.900. The predicted molar refractivity (Wildman–Crippen MR) is 60.7 cm³/mol. The number of Topliss-reactive ketones (excluding diaryl/α,β-unsaturated/α-hetero) is 1. The molecule has 88 valence electrons. The number of likely N-dealkylation sites (N-methyl/N-ethyl adjacent to an activating group) is 2. The minimum Gasteiger partial charge on any atom is -0.348 e. The highest BCUT2D eigenvalue weighted by Gasteiger charge is 2.15. The Morgan fingerprint density at radius 1 is 1.13 bits per heavy atom. The maximum atomic E-state index is 11.5. The Morgan fingerprint density at radius 2 is 1.67 bits per heavy atom. The Labute approximate surface area is 92.2 Å². The molecule has 0 aromatic heterocycles. The summed E-state index contributed by atoms with van der Waals surface area (Å²) in [5.74, 6) is 0.255. The van der Waals surface area contributed by atoms with E-state index in [1.54, 1.807) is 19.0 Å². The monoisotopic (exact) mass is 214 g/mol. The third-order valence-corrected chi connectivity index (χ3v) is 2.33. The lowest BCUT2D eigenvalue weighted by molar-refractivity contribution is -0.130. The van der Waals surface area contributed by atoms with Crippen LogP contribution < -0.4 is 0 Å². The van der Waals surface area contributed by atoms with Crippen LogP contribution in [0.15, 0.2) is 0 Å². The molecule has 0 atom stereocenters. The summed E-state index contributed by atoms with van der Waals surface area (Å²) in [6.45, 7) is 7.12. The van der Waals surface area contributed by atoms with E-state index in [-0.39, 0.29) is 17.6 Å². The molecule has 0 aromatic rings. The second-order valence-electron chi connectivity index (χ2n) is 4.21.